The molecule has 0 spiro atoms. The predicted octanol–water partition coefficient (Wildman–Crippen LogP) is 3.17. The maximum Gasteiger partial charge on any atom is 0.170 e. The lowest BCUT2D eigenvalue weighted by molar-refractivity contribution is -0.145. The van der Waals surface area contributed by atoms with Gasteiger partial charge < -0.3 is 9.47 Å². The molecule has 0 aromatic heterocycles. The van der Waals surface area contributed by atoms with Gasteiger partial charge in [0.15, 0.2) is 6.29 Å². The van der Waals surface area contributed by atoms with Gasteiger partial charge >= 0.3 is 0 Å². The van der Waals surface area contributed by atoms with E-state index in [0.717, 1.165) is 18.1 Å². The Hall–Kier alpha value is -0.610. The zero-order chi connectivity index (χ0) is 13.4. The van der Waals surface area contributed by atoms with Crippen LogP contribution < -0.4 is 0 Å². The molecule has 0 amide bonds. The monoisotopic (exact) mass is 271 g/mol. The van der Waals surface area contributed by atoms with Crippen molar-refractivity contribution in [2.24, 2.45) is 0 Å². The van der Waals surface area contributed by atoms with Crippen LogP contribution in [0, 0.1) is 0 Å². The van der Waals surface area contributed by atoms with Gasteiger partial charge in [0.2, 0.25) is 0 Å². The molecule has 0 aliphatic carbocycles. The largest absolute Gasteiger partial charge is 0.352 e. The van der Waals surface area contributed by atoms with Crippen LogP contribution in [-0.4, -0.2) is 38.0 Å². The van der Waals surface area contributed by atoms with Gasteiger partial charge in [-0.3, -0.25) is 4.90 Å². The van der Waals surface area contributed by atoms with E-state index in [-0.39, 0.29) is 6.29 Å². The minimum atomic E-state index is -0.163. The van der Waals surface area contributed by atoms with Crippen molar-refractivity contribution in [2.75, 3.05) is 26.8 Å². The first-order valence-corrected chi connectivity index (χ1v) is 6.69. The molecule has 0 radical (unpaired) electrons. The van der Waals surface area contributed by atoms with E-state index in [1.165, 1.54) is 5.56 Å². The summed E-state index contributed by atoms with van der Waals surface area (Å²) in [4.78, 5) is 2.17. The molecule has 0 aliphatic rings. The van der Waals surface area contributed by atoms with Gasteiger partial charge in [0.1, 0.15) is 0 Å². The molecule has 0 heterocycles. The smallest absolute Gasteiger partial charge is 0.170 e. The van der Waals surface area contributed by atoms with Crippen molar-refractivity contribution >= 4 is 11.6 Å². The van der Waals surface area contributed by atoms with Crippen LogP contribution in [0.1, 0.15) is 19.4 Å². The Kier molecular flexibility index (Phi) is 7.28. The molecule has 0 unspecified atom stereocenters. The Labute approximate surface area is 115 Å². The first-order valence-electron chi connectivity index (χ1n) is 6.31. The standard InChI is InChI=1S/C14H22ClNO2/c1-4-17-14(18-5-2)11-16(3)10-12-7-6-8-13(15)9-12/h6-9,14H,4-5,10-11H2,1-3H3. The fourth-order valence-corrected chi connectivity index (χ4v) is 2.00. The van der Waals surface area contributed by atoms with E-state index in [2.05, 4.69) is 11.0 Å². The Balaban J connectivity index is 2.46. The van der Waals surface area contributed by atoms with Crippen molar-refractivity contribution in [1.82, 2.24) is 4.90 Å². The van der Waals surface area contributed by atoms with Crippen LogP contribution in [0.4, 0.5) is 0 Å². The summed E-state index contributed by atoms with van der Waals surface area (Å²) in [6.07, 6.45) is -0.163. The van der Waals surface area contributed by atoms with E-state index in [1.54, 1.807) is 0 Å². The first kappa shape index (κ1) is 15.4. The topological polar surface area (TPSA) is 21.7 Å². The number of benzene rings is 1. The highest BCUT2D eigenvalue weighted by Gasteiger charge is 2.11. The summed E-state index contributed by atoms with van der Waals surface area (Å²) in [6, 6.07) is 7.90. The van der Waals surface area contributed by atoms with Crippen LogP contribution in [0.25, 0.3) is 0 Å². The normalized spacial score (nSPS) is 11.4. The van der Waals surface area contributed by atoms with E-state index in [1.807, 2.05) is 39.1 Å². The molecule has 18 heavy (non-hydrogen) atoms. The molecule has 102 valence electrons. The molecule has 0 atom stereocenters. The first-order chi connectivity index (χ1) is 8.65. The lowest BCUT2D eigenvalue weighted by atomic mass is 10.2. The third kappa shape index (κ3) is 5.83. The fourth-order valence-electron chi connectivity index (χ4n) is 1.79. The van der Waals surface area contributed by atoms with Gasteiger partial charge in [-0.25, -0.2) is 0 Å². The highest BCUT2D eigenvalue weighted by molar-refractivity contribution is 6.30. The third-order valence-electron chi connectivity index (χ3n) is 2.51. The van der Waals surface area contributed by atoms with Crippen molar-refractivity contribution in [3.05, 3.63) is 34.9 Å². The molecule has 4 heteroatoms. The maximum absolute atomic E-state index is 5.97. The SMILES string of the molecule is CCOC(CN(C)Cc1cccc(Cl)c1)OCC. The molecular formula is C14H22ClNO2. The molecule has 1 aromatic rings. The van der Waals surface area contributed by atoms with Crippen molar-refractivity contribution in [2.45, 2.75) is 26.7 Å². The van der Waals surface area contributed by atoms with Gasteiger partial charge in [-0.05, 0) is 38.6 Å². The zero-order valence-corrected chi connectivity index (χ0v) is 12.1. The summed E-state index contributed by atoms with van der Waals surface area (Å²) < 4.78 is 11.0. The van der Waals surface area contributed by atoms with E-state index < -0.39 is 0 Å². The molecule has 1 rings (SSSR count). The van der Waals surface area contributed by atoms with Crippen LogP contribution in [0.3, 0.4) is 0 Å². The van der Waals surface area contributed by atoms with Crippen molar-refractivity contribution in [3.63, 3.8) is 0 Å². The average Bonchev–Trinajstić information content (AvgIpc) is 2.29. The molecule has 0 fully saturated rings. The lowest BCUT2D eigenvalue weighted by Gasteiger charge is -2.23. The average molecular weight is 272 g/mol. The van der Waals surface area contributed by atoms with Crippen molar-refractivity contribution in [3.8, 4) is 0 Å². The van der Waals surface area contributed by atoms with Gasteiger partial charge in [0.25, 0.3) is 0 Å². The number of ether oxygens (including phenoxy) is 2. The van der Waals surface area contributed by atoms with E-state index in [4.69, 9.17) is 21.1 Å². The molecule has 0 bridgehead atoms. The maximum atomic E-state index is 5.97. The van der Waals surface area contributed by atoms with E-state index in [0.29, 0.717) is 13.2 Å². The summed E-state index contributed by atoms with van der Waals surface area (Å²) in [6.45, 7) is 6.85. The molecule has 0 aliphatic heterocycles. The number of hydrogen-bond donors (Lipinski definition) is 0. The minimum Gasteiger partial charge on any atom is -0.352 e. The van der Waals surface area contributed by atoms with Gasteiger partial charge in [-0.1, -0.05) is 23.7 Å². The molecule has 0 saturated carbocycles. The minimum absolute atomic E-state index is 0.163. The van der Waals surface area contributed by atoms with Gasteiger partial charge in [-0.2, -0.15) is 0 Å². The Morgan fingerprint density at radius 3 is 2.44 bits per heavy atom. The predicted molar refractivity (Wildman–Crippen MR) is 74.8 cm³/mol. The summed E-state index contributed by atoms with van der Waals surface area (Å²) in [5.41, 5.74) is 1.19. The van der Waals surface area contributed by atoms with Crippen LogP contribution >= 0.6 is 11.6 Å². The number of halogens is 1. The third-order valence-corrected chi connectivity index (χ3v) is 2.74. The molecule has 0 saturated heterocycles. The Morgan fingerprint density at radius 2 is 1.89 bits per heavy atom. The van der Waals surface area contributed by atoms with Gasteiger partial charge in [-0.15, -0.1) is 0 Å². The van der Waals surface area contributed by atoms with Crippen LogP contribution in [0.2, 0.25) is 5.02 Å². The fraction of sp³-hybridized carbons (Fsp3) is 0.571. The molecule has 0 N–H and O–H groups in total. The molecule has 1 aromatic carbocycles. The summed E-state index contributed by atoms with van der Waals surface area (Å²) >= 11 is 5.97. The Bertz CT molecular complexity index is 340. The van der Waals surface area contributed by atoms with Crippen molar-refractivity contribution < 1.29 is 9.47 Å². The highest BCUT2D eigenvalue weighted by Crippen LogP contribution is 2.12. The number of likely N-dealkylation sites (N-methyl/N-ethyl adjacent to an activating group) is 1. The summed E-state index contributed by atoms with van der Waals surface area (Å²) in [5.74, 6) is 0. The second kappa shape index (κ2) is 8.48. The zero-order valence-electron chi connectivity index (χ0n) is 11.4. The summed E-state index contributed by atoms with van der Waals surface area (Å²) in [7, 11) is 2.05. The number of rotatable bonds is 8. The highest BCUT2D eigenvalue weighted by atomic mass is 35.5. The van der Waals surface area contributed by atoms with Gasteiger partial charge in [0, 0.05) is 31.3 Å². The molecule has 3 nitrogen and oxygen atoms in total. The second-order valence-corrected chi connectivity index (χ2v) is 4.60. The summed E-state index contributed by atoms with van der Waals surface area (Å²) in [5, 5.41) is 0.770. The van der Waals surface area contributed by atoms with Crippen LogP contribution in [0.15, 0.2) is 24.3 Å². The van der Waals surface area contributed by atoms with Crippen LogP contribution in [0.5, 0.6) is 0 Å². The molecular weight excluding hydrogens is 250 g/mol. The second-order valence-electron chi connectivity index (χ2n) is 4.17. The lowest BCUT2D eigenvalue weighted by Crippen LogP contribution is -2.32. The number of hydrogen-bond acceptors (Lipinski definition) is 3. The quantitative estimate of drug-likeness (QED) is 0.678. The van der Waals surface area contributed by atoms with Crippen molar-refractivity contribution in [1.29, 1.82) is 0 Å². The van der Waals surface area contributed by atoms with Crippen LogP contribution in [-0.2, 0) is 16.0 Å². The number of nitrogens with zero attached hydrogens (tertiary/aromatic N) is 1. The Morgan fingerprint density at radius 1 is 1.22 bits per heavy atom. The van der Waals surface area contributed by atoms with E-state index in [9.17, 15) is 0 Å². The van der Waals surface area contributed by atoms with E-state index >= 15 is 0 Å². The van der Waals surface area contributed by atoms with Gasteiger partial charge in [0.05, 0.1) is 0 Å².